The normalized spacial score (nSPS) is 14.1. The van der Waals surface area contributed by atoms with E-state index in [1.165, 1.54) is 18.4 Å². The van der Waals surface area contributed by atoms with Crippen LogP contribution < -0.4 is 11.1 Å². The van der Waals surface area contributed by atoms with E-state index < -0.39 is 0 Å². The van der Waals surface area contributed by atoms with Gasteiger partial charge in [0.2, 0.25) is 0 Å². The third-order valence-corrected chi connectivity index (χ3v) is 3.99. The second kappa shape index (κ2) is 5.39. The minimum atomic E-state index is -0.179. The fourth-order valence-corrected chi connectivity index (χ4v) is 2.56. The predicted molar refractivity (Wildman–Crippen MR) is 85.8 cm³/mol. The largest absolute Gasteiger partial charge is 0.424 e. The third-order valence-electron chi connectivity index (χ3n) is 3.99. The lowest BCUT2D eigenvalue weighted by Crippen LogP contribution is -2.23. The lowest BCUT2D eigenvalue weighted by Gasteiger charge is -2.05. The van der Waals surface area contributed by atoms with Crippen molar-refractivity contribution < 1.29 is 9.21 Å². The Balaban J connectivity index is 1.43. The van der Waals surface area contributed by atoms with Crippen LogP contribution in [0.1, 0.15) is 40.4 Å². The Hall–Kier alpha value is -2.89. The topological polar surface area (TPSA) is 94.0 Å². The van der Waals surface area contributed by atoms with Crippen molar-refractivity contribution >= 4 is 23.0 Å². The molecule has 1 fully saturated rings. The molecule has 6 nitrogen and oxygen atoms in total. The van der Waals surface area contributed by atoms with Crippen molar-refractivity contribution in [3.8, 4) is 0 Å². The molecule has 0 atom stereocenters. The molecule has 6 heteroatoms. The van der Waals surface area contributed by atoms with Crippen molar-refractivity contribution in [1.29, 1.82) is 0 Å². The Morgan fingerprint density at radius 3 is 2.91 bits per heavy atom. The van der Waals surface area contributed by atoms with Gasteiger partial charge in [0.1, 0.15) is 5.52 Å². The molecule has 1 aliphatic rings. The average molecular weight is 308 g/mol. The van der Waals surface area contributed by atoms with Gasteiger partial charge in [-0.2, -0.15) is 4.98 Å². The van der Waals surface area contributed by atoms with E-state index in [-0.39, 0.29) is 11.9 Å². The molecule has 0 radical (unpaired) electrons. The first-order valence-electron chi connectivity index (χ1n) is 7.58. The summed E-state index contributed by atoms with van der Waals surface area (Å²) in [5, 5.41) is 2.86. The molecule has 2 heterocycles. The van der Waals surface area contributed by atoms with Crippen LogP contribution in [0.15, 0.2) is 40.9 Å². The van der Waals surface area contributed by atoms with Crippen molar-refractivity contribution in [3.63, 3.8) is 0 Å². The molecule has 116 valence electrons. The smallest absolute Gasteiger partial charge is 0.292 e. The summed E-state index contributed by atoms with van der Waals surface area (Å²) in [6.07, 6.45) is 4.42. The number of carbonyl (C=O) groups is 1. The zero-order chi connectivity index (χ0) is 15.8. The van der Waals surface area contributed by atoms with Crippen LogP contribution >= 0.6 is 0 Å². The molecule has 4 rings (SSSR count). The third kappa shape index (κ3) is 2.88. The second-order valence-corrected chi connectivity index (χ2v) is 5.77. The van der Waals surface area contributed by atoms with E-state index in [4.69, 9.17) is 10.2 Å². The first-order chi connectivity index (χ1) is 11.2. The van der Waals surface area contributed by atoms with E-state index in [1.807, 2.05) is 12.3 Å². The number of anilines is 1. The van der Waals surface area contributed by atoms with Crippen molar-refractivity contribution in [2.24, 2.45) is 0 Å². The van der Waals surface area contributed by atoms with E-state index in [2.05, 4.69) is 21.4 Å². The minimum Gasteiger partial charge on any atom is -0.424 e. The molecule has 0 aliphatic heterocycles. The van der Waals surface area contributed by atoms with Gasteiger partial charge >= 0.3 is 0 Å². The van der Waals surface area contributed by atoms with Crippen molar-refractivity contribution in [2.45, 2.75) is 25.3 Å². The number of hydrogen-bond acceptors (Lipinski definition) is 5. The quantitative estimate of drug-likeness (QED) is 0.772. The van der Waals surface area contributed by atoms with Crippen LogP contribution in [0, 0.1) is 0 Å². The molecule has 0 bridgehead atoms. The highest BCUT2D eigenvalue weighted by Gasteiger charge is 2.23. The SMILES string of the molecule is Nc1nc2cc(C(=O)NCc3ccc(C4CC4)cn3)ccc2o1. The van der Waals surface area contributed by atoms with Crippen LogP contribution in [-0.2, 0) is 6.54 Å². The Morgan fingerprint density at radius 1 is 1.30 bits per heavy atom. The van der Waals surface area contributed by atoms with Gasteiger partial charge < -0.3 is 15.5 Å². The molecule has 0 saturated heterocycles. The van der Waals surface area contributed by atoms with Gasteiger partial charge in [0.05, 0.1) is 12.2 Å². The lowest BCUT2D eigenvalue weighted by molar-refractivity contribution is 0.0950. The predicted octanol–water partition coefficient (Wildman–Crippen LogP) is 2.61. The highest BCUT2D eigenvalue weighted by Crippen LogP contribution is 2.39. The number of rotatable bonds is 4. The molecule has 3 N–H and O–H groups in total. The number of benzene rings is 1. The van der Waals surface area contributed by atoms with Crippen LogP contribution in [0.5, 0.6) is 0 Å². The van der Waals surface area contributed by atoms with Crippen molar-refractivity contribution in [2.75, 3.05) is 5.73 Å². The number of pyridine rings is 1. The Morgan fingerprint density at radius 2 is 2.17 bits per heavy atom. The van der Waals surface area contributed by atoms with Gasteiger partial charge in [-0.1, -0.05) is 6.07 Å². The molecular weight excluding hydrogens is 292 g/mol. The number of oxazole rings is 1. The number of carbonyl (C=O) groups excluding carboxylic acids is 1. The van der Waals surface area contributed by atoms with E-state index >= 15 is 0 Å². The summed E-state index contributed by atoms with van der Waals surface area (Å²) in [7, 11) is 0. The van der Waals surface area contributed by atoms with Gasteiger partial charge in [0, 0.05) is 11.8 Å². The van der Waals surface area contributed by atoms with Crippen LogP contribution in [0.2, 0.25) is 0 Å². The van der Waals surface area contributed by atoms with Gasteiger partial charge in [0.15, 0.2) is 5.58 Å². The Kier molecular flexibility index (Phi) is 3.22. The van der Waals surface area contributed by atoms with Gasteiger partial charge in [-0.15, -0.1) is 0 Å². The van der Waals surface area contributed by atoms with Gasteiger partial charge in [-0.25, -0.2) is 0 Å². The number of nitrogens with zero attached hydrogens (tertiary/aromatic N) is 2. The van der Waals surface area contributed by atoms with Crippen LogP contribution in [-0.4, -0.2) is 15.9 Å². The van der Waals surface area contributed by atoms with Crippen molar-refractivity contribution in [1.82, 2.24) is 15.3 Å². The maximum absolute atomic E-state index is 12.2. The standard InChI is InChI=1S/C17H16N4O2/c18-17-21-14-7-11(4-6-15(14)23-17)16(22)20-9-13-5-3-12(8-19-13)10-1-2-10/h3-8,10H,1-2,9H2,(H2,18,21)(H,20,22). The molecule has 1 aromatic carbocycles. The fourth-order valence-electron chi connectivity index (χ4n) is 2.56. The fraction of sp³-hybridized carbons (Fsp3) is 0.235. The summed E-state index contributed by atoms with van der Waals surface area (Å²) in [5.41, 5.74) is 9.28. The molecule has 1 saturated carbocycles. The van der Waals surface area contributed by atoms with E-state index in [0.29, 0.717) is 29.1 Å². The van der Waals surface area contributed by atoms with Gasteiger partial charge in [0.25, 0.3) is 11.9 Å². The second-order valence-electron chi connectivity index (χ2n) is 5.77. The van der Waals surface area contributed by atoms with E-state index in [0.717, 1.165) is 5.69 Å². The summed E-state index contributed by atoms with van der Waals surface area (Å²) >= 11 is 0. The highest BCUT2D eigenvalue weighted by molar-refractivity contribution is 5.97. The highest BCUT2D eigenvalue weighted by atomic mass is 16.4. The summed E-state index contributed by atoms with van der Waals surface area (Å²) in [6.45, 7) is 0.392. The maximum atomic E-state index is 12.2. The Bertz CT molecular complexity index is 866. The van der Waals surface area contributed by atoms with E-state index in [1.54, 1.807) is 18.2 Å². The maximum Gasteiger partial charge on any atom is 0.292 e. The number of amides is 1. The van der Waals surface area contributed by atoms with E-state index in [9.17, 15) is 4.79 Å². The van der Waals surface area contributed by atoms with Gasteiger partial charge in [-0.3, -0.25) is 9.78 Å². The zero-order valence-corrected chi connectivity index (χ0v) is 12.5. The van der Waals surface area contributed by atoms with Crippen molar-refractivity contribution in [3.05, 3.63) is 53.3 Å². The van der Waals surface area contributed by atoms with Crippen LogP contribution in [0.3, 0.4) is 0 Å². The number of aromatic nitrogens is 2. The summed E-state index contributed by atoms with van der Waals surface area (Å²) in [4.78, 5) is 20.7. The Labute approximate surface area is 132 Å². The molecule has 0 unspecified atom stereocenters. The number of hydrogen-bond donors (Lipinski definition) is 2. The zero-order valence-electron chi connectivity index (χ0n) is 12.5. The molecule has 3 aromatic rings. The van der Waals surface area contributed by atoms with Crippen LogP contribution in [0.4, 0.5) is 6.01 Å². The summed E-state index contributed by atoms with van der Waals surface area (Å²) < 4.78 is 5.19. The first kappa shape index (κ1) is 13.8. The first-order valence-corrected chi connectivity index (χ1v) is 7.58. The average Bonchev–Trinajstić information content (AvgIpc) is 3.34. The molecule has 2 aromatic heterocycles. The molecular formula is C17H16N4O2. The molecule has 0 spiro atoms. The number of nitrogen functional groups attached to an aromatic ring is 1. The number of nitrogens with one attached hydrogen (secondary N) is 1. The summed E-state index contributed by atoms with van der Waals surface area (Å²) in [5.74, 6) is 0.509. The minimum absolute atomic E-state index is 0.0949. The van der Waals surface area contributed by atoms with Gasteiger partial charge in [-0.05, 0) is 48.6 Å². The lowest BCUT2D eigenvalue weighted by atomic mass is 10.1. The summed E-state index contributed by atoms with van der Waals surface area (Å²) in [6, 6.07) is 9.19. The number of nitrogens with two attached hydrogens (primary N) is 1. The van der Waals surface area contributed by atoms with Crippen LogP contribution in [0.25, 0.3) is 11.1 Å². The monoisotopic (exact) mass is 308 g/mol. The molecule has 1 aliphatic carbocycles. The number of fused-ring (bicyclic) bond motifs is 1. The molecule has 23 heavy (non-hydrogen) atoms. The molecule has 1 amide bonds.